The Morgan fingerprint density at radius 2 is 0.920 bits per heavy atom. The minimum absolute atomic E-state index is 0. The molecule has 0 bridgehead atoms. The predicted molar refractivity (Wildman–Crippen MR) is 243 cm³/mol. The summed E-state index contributed by atoms with van der Waals surface area (Å²) in [5.74, 6) is -1.94. The Morgan fingerprint density at radius 3 is 1.32 bits per heavy atom. The number of aryl methyl sites for hydroxylation is 2. The van der Waals surface area contributed by atoms with Gasteiger partial charge in [-0.3, -0.25) is 85.0 Å². The number of non-ortho nitro benzene ring substituents is 2. The topological polar surface area (TPSA) is 489 Å². The van der Waals surface area contributed by atoms with Gasteiger partial charge in [0.25, 0.3) is 42.5 Å². The second-order valence-corrected chi connectivity index (χ2v) is 17.0. The molecule has 6 aromatic rings. The number of benzene rings is 6. The molecule has 0 saturated carbocycles. The standard InChI is InChI=1S/2C19H14N6O10S.Cr.2Na/c2*1-9-6-11(36(33,34)35)2-3-12(9)20-23-17-16(26)5-4-13(19(17)28)21-22-14-7-10(24(29)30)8-15(18(14)27)25(31)32;;;/h2*2-8,20,22,27H,1H3,(H,33,34,35);;;/q;;;2*+1/p+1. The van der Waals surface area contributed by atoms with E-state index < -0.39 is 129 Å². The van der Waals surface area contributed by atoms with Crippen LogP contribution in [0.15, 0.2) is 129 Å². The van der Waals surface area contributed by atoms with Crippen LogP contribution in [0.5, 0.6) is 11.5 Å². The summed E-state index contributed by atoms with van der Waals surface area (Å²) in [6.45, 7) is 2.97. The van der Waals surface area contributed by atoms with E-state index in [-0.39, 0.29) is 97.6 Å². The third-order valence-corrected chi connectivity index (χ3v) is 11.0. The molecule has 6 rings (SSSR count). The number of aromatic hydroxyl groups is 2. The largest absolute Gasteiger partial charge is 1.00 e. The zero-order valence-electron chi connectivity index (χ0n) is 38.3. The van der Waals surface area contributed by atoms with Crippen molar-refractivity contribution in [2.24, 2.45) is 15.3 Å². The third-order valence-electron chi connectivity index (χ3n) is 9.33. The molecule has 0 aliphatic rings. The van der Waals surface area contributed by atoms with Crippen LogP contribution in [0, 0.1) is 54.3 Å². The first-order valence-electron chi connectivity index (χ1n) is 19.0. The molecule has 32 nitrogen and oxygen atoms in total. The second-order valence-electron chi connectivity index (χ2n) is 14.1. The van der Waals surface area contributed by atoms with E-state index >= 15 is 0 Å². The van der Waals surface area contributed by atoms with E-state index in [1.165, 1.54) is 26.0 Å². The fourth-order valence-electron chi connectivity index (χ4n) is 5.71. The molecule has 0 aliphatic carbocycles. The molecule has 9 N–H and O–H groups in total. The maximum Gasteiger partial charge on any atom is 1.00 e. The van der Waals surface area contributed by atoms with Crippen molar-refractivity contribution >= 4 is 65.7 Å². The summed E-state index contributed by atoms with van der Waals surface area (Å²) in [7, 11) is -8.88. The van der Waals surface area contributed by atoms with Gasteiger partial charge in [-0.05, 0) is 85.6 Å². The van der Waals surface area contributed by atoms with E-state index in [1.54, 1.807) is 0 Å². The van der Waals surface area contributed by atoms with Gasteiger partial charge < -0.3 is 10.2 Å². The summed E-state index contributed by atoms with van der Waals surface area (Å²) < 4.78 is 63.1. The van der Waals surface area contributed by atoms with Gasteiger partial charge in [0.1, 0.15) is 22.1 Å². The smallest absolute Gasteiger partial charge is 0.501 e. The molecule has 6 aromatic carbocycles. The SMILES string of the molecule is Cc1cc(S(=O)(=O)O)ccc1NN=c1c(=O)ccc(=NNc2cc([N+](=O)[O-])cc([N+](=O)[O-])c2O)c1=O.Cc1cc(S(=O)(=O)O)ccc1N[NH+]=c1c(=O)ccc(=NNc2cc([N+](=O)[O-])cc([N+](=O)[O-])c2O)c1=O.[Cr].[Na+].[Na+]. The average molecular weight is 1140 g/mol. The van der Waals surface area contributed by atoms with Gasteiger partial charge in [-0.15, -0.1) is 5.10 Å². The van der Waals surface area contributed by atoms with Crippen LogP contribution in [0.4, 0.5) is 45.5 Å². The normalized spacial score (nSPS) is 11.9. The van der Waals surface area contributed by atoms with Crippen molar-refractivity contribution in [3.63, 3.8) is 0 Å². The Morgan fingerprint density at radius 1 is 0.520 bits per heavy atom. The van der Waals surface area contributed by atoms with Crippen LogP contribution in [0.1, 0.15) is 11.1 Å². The van der Waals surface area contributed by atoms with E-state index in [1.807, 2.05) is 0 Å². The van der Waals surface area contributed by atoms with Crippen molar-refractivity contribution in [2.75, 3.05) is 21.7 Å². The maximum absolute atomic E-state index is 12.7. The second kappa shape index (κ2) is 26.1. The van der Waals surface area contributed by atoms with Crippen molar-refractivity contribution in [3.05, 3.63) is 199 Å². The molecule has 378 valence electrons. The molecule has 0 fully saturated rings. The maximum atomic E-state index is 12.7. The first-order valence-corrected chi connectivity index (χ1v) is 21.9. The first-order chi connectivity index (χ1) is 33.6. The number of nitrogens with zero attached hydrogens (tertiary/aromatic N) is 7. The number of hydrogen-bond acceptors (Lipinski definition) is 25. The van der Waals surface area contributed by atoms with Crippen LogP contribution < -0.4 is 129 Å². The first kappa shape index (κ1) is 63.6. The van der Waals surface area contributed by atoms with Crippen molar-refractivity contribution in [3.8, 4) is 11.5 Å². The Balaban J connectivity index is 0.000000494. The quantitative estimate of drug-likeness (QED) is 0.0161. The van der Waals surface area contributed by atoms with Gasteiger partial charge in [0.15, 0.2) is 5.36 Å². The van der Waals surface area contributed by atoms with Crippen LogP contribution in [-0.4, -0.2) is 55.8 Å². The fraction of sp³-hybridized carbons (Fsp3) is 0.0526. The number of hydrogen-bond donors (Lipinski definition) is 9. The molecule has 75 heavy (non-hydrogen) atoms. The van der Waals surface area contributed by atoms with Gasteiger partial charge in [0, 0.05) is 29.5 Å². The van der Waals surface area contributed by atoms with Crippen molar-refractivity contribution in [2.45, 2.75) is 23.6 Å². The molecule has 0 heterocycles. The van der Waals surface area contributed by atoms with Gasteiger partial charge in [-0.2, -0.15) is 37.6 Å². The Bertz CT molecular complexity index is 3770. The molecule has 0 aromatic heterocycles. The van der Waals surface area contributed by atoms with Crippen molar-refractivity contribution in [1.82, 2.24) is 0 Å². The Kier molecular flexibility index (Phi) is 22.1. The summed E-state index contributed by atoms with van der Waals surface area (Å²) in [6, 6.07) is 13.5. The number of phenols is 2. The van der Waals surface area contributed by atoms with Gasteiger partial charge >= 0.3 is 75.8 Å². The average Bonchev–Trinajstić information content (AvgIpc) is 3.29. The molecule has 0 amide bonds. The van der Waals surface area contributed by atoms with E-state index in [4.69, 9.17) is 9.11 Å². The number of nitrogens with one attached hydrogen (secondary N) is 5. The number of anilines is 4. The number of nitro groups is 4. The van der Waals surface area contributed by atoms with Crippen molar-refractivity contribution < 1.29 is 137 Å². The monoisotopic (exact) mass is 1140 g/mol. The molecule has 37 heteroatoms. The van der Waals surface area contributed by atoms with Crippen molar-refractivity contribution in [1.29, 1.82) is 0 Å². The van der Waals surface area contributed by atoms with Gasteiger partial charge in [-0.1, -0.05) is 0 Å². The molecular formula is C38H29CrN12Na2O20S2+3. The Hall–Kier alpha value is -7.53. The van der Waals surface area contributed by atoms with E-state index in [2.05, 4.69) is 42.1 Å². The van der Waals surface area contributed by atoms with Crippen LogP contribution in [0.3, 0.4) is 0 Å². The zero-order chi connectivity index (χ0) is 53.6. The van der Waals surface area contributed by atoms with Gasteiger partial charge in [0.05, 0.1) is 53.0 Å². The summed E-state index contributed by atoms with van der Waals surface area (Å²) >= 11 is 0. The van der Waals surface area contributed by atoms with Crippen LogP contribution in [0.2, 0.25) is 0 Å². The minimum Gasteiger partial charge on any atom is -0.501 e. The molecule has 0 atom stereocenters. The van der Waals surface area contributed by atoms with Crippen LogP contribution >= 0.6 is 0 Å². The molecule has 0 saturated heterocycles. The van der Waals surface area contributed by atoms with Crippen LogP contribution in [-0.2, 0) is 37.6 Å². The third kappa shape index (κ3) is 15.7. The number of rotatable bonds is 14. The molecule has 0 radical (unpaired) electrons. The molecular weight excluding hydrogens is 1110 g/mol. The van der Waals surface area contributed by atoms with E-state index in [0.29, 0.717) is 23.3 Å². The zero-order valence-corrected chi connectivity index (χ0v) is 45.2. The minimum atomic E-state index is -4.45. The van der Waals surface area contributed by atoms with Crippen LogP contribution in [0.25, 0.3) is 0 Å². The molecule has 0 unspecified atom stereocenters. The number of hydrazine groups is 1. The predicted octanol–water partition coefficient (Wildman–Crippen LogP) is -7.48. The molecule has 0 spiro atoms. The molecule has 0 aliphatic heterocycles. The number of phenolic OH excluding ortho intramolecular Hbond substituents is 2. The Labute approximate surface area is 470 Å². The van der Waals surface area contributed by atoms with Gasteiger partial charge in [-0.25, -0.2) is 0 Å². The summed E-state index contributed by atoms with van der Waals surface area (Å²) in [5.41, 5.74) is 2.36. The van der Waals surface area contributed by atoms with E-state index in [0.717, 1.165) is 60.7 Å². The summed E-state index contributed by atoms with van der Waals surface area (Å²) in [5, 5.41) is 75.7. The summed E-state index contributed by atoms with van der Waals surface area (Å²) in [4.78, 5) is 89.2. The fourth-order valence-corrected chi connectivity index (χ4v) is 6.84. The number of nitro benzene ring substituents is 4. The summed E-state index contributed by atoms with van der Waals surface area (Å²) in [6.07, 6.45) is 0. The van der Waals surface area contributed by atoms with Gasteiger partial charge in [0.2, 0.25) is 22.4 Å². The van der Waals surface area contributed by atoms with E-state index in [9.17, 15) is 86.7 Å².